The van der Waals surface area contributed by atoms with Crippen LogP contribution in [-0.2, 0) is 6.54 Å². The van der Waals surface area contributed by atoms with Crippen molar-refractivity contribution >= 4 is 11.6 Å². The fourth-order valence-electron chi connectivity index (χ4n) is 2.03. The molecule has 5 nitrogen and oxygen atoms in total. The second-order valence-corrected chi connectivity index (χ2v) is 4.68. The molecule has 2 aromatic rings. The maximum atomic E-state index is 10.3. The van der Waals surface area contributed by atoms with Crippen molar-refractivity contribution in [3.05, 3.63) is 40.7 Å². The van der Waals surface area contributed by atoms with Gasteiger partial charge in [0.2, 0.25) is 6.79 Å². The molecule has 1 atom stereocenters. The summed E-state index contributed by atoms with van der Waals surface area (Å²) in [6.45, 7) is 2.90. The van der Waals surface area contributed by atoms with Crippen molar-refractivity contribution in [2.45, 2.75) is 19.6 Å². The van der Waals surface area contributed by atoms with Gasteiger partial charge in [0.15, 0.2) is 11.5 Å². The van der Waals surface area contributed by atoms with Crippen LogP contribution in [0.15, 0.2) is 24.5 Å². The first-order valence-corrected chi connectivity index (χ1v) is 6.36. The van der Waals surface area contributed by atoms with Crippen molar-refractivity contribution in [3.63, 3.8) is 0 Å². The summed E-state index contributed by atoms with van der Waals surface area (Å²) in [4.78, 5) is 0. The first-order valence-electron chi connectivity index (χ1n) is 5.98. The van der Waals surface area contributed by atoms with Gasteiger partial charge in [-0.2, -0.15) is 5.10 Å². The van der Waals surface area contributed by atoms with Gasteiger partial charge in [-0.15, -0.1) is 0 Å². The lowest BCUT2D eigenvalue weighted by molar-refractivity contribution is 0.173. The number of aliphatic hydroxyl groups excluding tert-OH is 1. The van der Waals surface area contributed by atoms with Gasteiger partial charge in [0.05, 0.1) is 11.2 Å². The molecular formula is C13H13ClN2O3. The Hall–Kier alpha value is -1.72. The SMILES string of the molecule is CCn1cc(C(O)c2cc(Cl)c3c(c2)OCO3)cn1. The Labute approximate surface area is 115 Å². The molecule has 0 spiro atoms. The first-order chi connectivity index (χ1) is 9.19. The van der Waals surface area contributed by atoms with E-state index in [0.29, 0.717) is 22.1 Å². The van der Waals surface area contributed by atoms with Crippen LogP contribution in [0.25, 0.3) is 0 Å². The molecule has 0 saturated carbocycles. The van der Waals surface area contributed by atoms with Crippen molar-refractivity contribution in [1.82, 2.24) is 9.78 Å². The number of nitrogens with zero attached hydrogens (tertiary/aromatic N) is 2. The fraction of sp³-hybridized carbons (Fsp3) is 0.308. The zero-order valence-electron chi connectivity index (χ0n) is 10.3. The number of aryl methyl sites for hydroxylation is 1. The second kappa shape index (κ2) is 4.75. The van der Waals surface area contributed by atoms with E-state index in [1.807, 2.05) is 13.1 Å². The molecule has 0 saturated heterocycles. The maximum absolute atomic E-state index is 10.3. The van der Waals surface area contributed by atoms with Crippen LogP contribution in [0.3, 0.4) is 0 Å². The van der Waals surface area contributed by atoms with Gasteiger partial charge in [-0.1, -0.05) is 11.6 Å². The lowest BCUT2D eigenvalue weighted by Gasteiger charge is -2.10. The minimum absolute atomic E-state index is 0.155. The highest BCUT2D eigenvalue weighted by molar-refractivity contribution is 6.32. The normalized spacial score (nSPS) is 14.7. The maximum Gasteiger partial charge on any atom is 0.231 e. The summed E-state index contributed by atoms with van der Waals surface area (Å²) >= 11 is 6.10. The summed E-state index contributed by atoms with van der Waals surface area (Å²) in [6, 6.07) is 3.42. The van der Waals surface area contributed by atoms with Crippen molar-refractivity contribution in [3.8, 4) is 11.5 Å². The highest BCUT2D eigenvalue weighted by atomic mass is 35.5. The Balaban J connectivity index is 1.95. The predicted octanol–water partition coefficient (Wildman–Crippen LogP) is 2.37. The number of rotatable bonds is 3. The minimum atomic E-state index is -0.785. The van der Waals surface area contributed by atoms with Gasteiger partial charge in [-0.05, 0) is 24.6 Å². The molecule has 3 rings (SSSR count). The van der Waals surface area contributed by atoms with Crippen molar-refractivity contribution in [2.24, 2.45) is 0 Å². The molecule has 1 aliphatic rings. The quantitative estimate of drug-likeness (QED) is 0.938. The number of halogens is 1. The van der Waals surface area contributed by atoms with Crippen molar-refractivity contribution in [1.29, 1.82) is 0 Å². The molecule has 1 aliphatic heterocycles. The summed E-state index contributed by atoms with van der Waals surface area (Å²) < 4.78 is 12.3. The molecule has 1 aromatic carbocycles. The van der Waals surface area contributed by atoms with E-state index < -0.39 is 6.10 Å². The number of hydrogen-bond donors (Lipinski definition) is 1. The topological polar surface area (TPSA) is 56.5 Å². The summed E-state index contributed by atoms with van der Waals surface area (Å²) in [5.74, 6) is 1.09. The predicted molar refractivity (Wildman–Crippen MR) is 69.5 cm³/mol. The second-order valence-electron chi connectivity index (χ2n) is 4.27. The third-order valence-corrected chi connectivity index (χ3v) is 3.34. The summed E-state index contributed by atoms with van der Waals surface area (Å²) in [5, 5.41) is 14.9. The molecule has 0 fully saturated rings. The average molecular weight is 281 g/mol. The number of aromatic nitrogens is 2. The van der Waals surface area contributed by atoms with Crippen LogP contribution >= 0.6 is 11.6 Å². The number of hydrogen-bond acceptors (Lipinski definition) is 4. The Bertz CT molecular complexity index is 612. The average Bonchev–Trinajstić information content (AvgIpc) is 3.06. The molecule has 2 heterocycles. The van der Waals surface area contributed by atoms with Crippen LogP contribution in [0.4, 0.5) is 0 Å². The number of benzene rings is 1. The summed E-state index contributed by atoms with van der Waals surface area (Å²) in [5.41, 5.74) is 1.38. The van der Waals surface area contributed by atoms with Gasteiger partial charge in [0.25, 0.3) is 0 Å². The van der Waals surface area contributed by atoms with Crippen LogP contribution in [0.5, 0.6) is 11.5 Å². The van der Waals surface area contributed by atoms with Crippen LogP contribution in [0.2, 0.25) is 5.02 Å². The molecule has 1 aromatic heterocycles. The molecule has 0 amide bonds. The fourth-order valence-corrected chi connectivity index (χ4v) is 2.31. The highest BCUT2D eigenvalue weighted by Crippen LogP contribution is 2.41. The number of aliphatic hydroxyl groups is 1. The minimum Gasteiger partial charge on any atom is -0.454 e. The smallest absolute Gasteiger partial charge is 0.231 e. The van der Waals surface area contributed by atoms with Gasteiger partial charge < -0.3 is 14.6 Å². The van der Waals surface area contributed by atoms with Gasteiger partial charge >= 0.3 is 0 Å². The number of ether oxygens (including phenoxy) is 2. The molecule has 1 N–H and O–H groups in total. The number of fused-ring (bicyclic) bond motifs is 1. The highest BCUT2D eigenvalue weighted by Gasteiger charge is 2.22. The molecule has 100 valence electrons. The first kappa shape index (κ1) is 12.3. The molecule has 19 heavy (non-hydrogen) atoms. The van der Waals surface area contributed by atoms with E-state index in [4.69, 9.17) is 21.1 Å². The third-order valence-electron chi connectivity index (χ3n) is 3.06. The van der Waals surface area contributed by atoms with Crippen LogP contribution in [0, 0.1) is 0 Å². The molecule has 0 bridgehead atoms. The monoisotopic (exact) mass is 280 g/mol. The third kappa shape index (κ3) is 2.15. The van der Waals surface area contributed by atoms with E-state index in [0.717, 1.165) is 12.1 Å². The Morgan fingerprint density at radius 3 is 3.00 bits per heavy atom. The molecule has 1 unspecified atom stereocenters. The zero-order valence-corrected chi connectivity index (χ0v) is 11.1. The lowest BCUT2D eigenvalue weighted by Crippen LogP contribution is -1.99. The Morgan fingerprint density at radius 1 is 1.42 bits per heavy atom. The van der Waals surface area contributed by atoms with Crippen LogP contribution < -0.4 is 9.47 Å². The Kier molecular flexibility index (Phi) is 3.08. The van der Waals surface area contributed by atoms with Crippen LogP contribution in [0.1, 0.15) is 24.2 Å². The largest absolute Gasteiger partial charge is 0.454 e. The van der Waals surface area contributed by atoms with E-state index in [1.54, 1.807) is 23.0 Å². The van der Waals surface area contributed by atoms with E-state index in [9.17, 15) is 5.11 Å². The molecule has 6 heteroatoms. The molecule has 0 radical (unpaired) electrons. The summed E-state index contributed by atoms with van der Waals surface area (Å²) in [6.07, 6.45) is 2.67. The Morgan fingerprint density at radius 2 is 2.26 bits per heavy atom. The standard InChI is InChI=1S/C13H13ClN2O3/c1-2-16-6-9(5-15-16)12(17)8-3-10(14)13-11(4-8)18-7-19-13/h3-6,12,17H,2,7H2,1H3. The van der Waals surface area contributed by atoms with E-state index in [-0.39, 0.29) is 6.79 Å². The van der Waals surface area contributed by atoms with E-state index >= 15 is 0 Å². The zero-order chi connectivity index (χ0) is 13.4. The van der Waals surface area contributed by atoms with Gasteiger partial charge in [-0.3, -0.25) is 4.68 Å². The van der Waals surface area contributed by atoms with Crippen molar-refractivity contribution in [2.75, 3.05) is 6.79 Å². The molecule has 0 aliphatic carbocycles. The lowest BCUT2D eigenvalue weighted by atomic mass is 10.0. The van der Waals surface area contributed by atoms with Gasteiger partial charge in [0.1, 0.15) is 6.10 Å². The van der Waals surface area contributed by atoms with Gasteiger partial charge in [-0.25, -0.2) is 0 Å². The van der Waals surface area contributed by atoms with Gasteiger partial charge in [0, 0.05) is 18.3 Å². The molecular weight excluding hydrogens is 268 g/mol. The van der Waals surface area contributed by atoms with E-state index in [2.05, 4.69) is 5.10 Å². The van der Waals surface area contributed by atoms with E-state index in [1.165, 1.54) is 0 Å². The van der Waals surface area contributed by atoms with Crippen LogP contribution in [-0.4, -0.2) is 21.7 Å². The summed E-state index contributed by atoms with van der Waals surface area (Å²) in [7, 11) is 0. The van der Waals surface area contributed by atoms with Crippen molar-refractivity contribution < 1.29 is 14.6 Å².